The maximum absolute atomic E-state index is 12.7. The minimum Gasteiger partial charge on any atom is -0.452 e. The van der Waals surface area contributed by atoms with Crippen molar-refractivity contribution in [1.82, 2.24) is 0 Å². The zero-order valence-electron chi connectivity index (χ0n) is 16.7. The Morgan fingerprint density at radius 2 is 1.66 bits per heavy atom. The fraction of sp³-hybridized carbons (Fsp3) is 0.217. The maximum atomic E-state index is 12.7. The molecule has 1 N–H and O–H groups in total. The summed E-state index contributed by atoms with van der Waals surface area (Å²) in [6.45, 7) is -0.478. The van der Waals surface area contributed by atoms with Crippen LogP contribution in [0.3, 0.4) is 0 Å². The smallest absolute Gasteiger partial charge is 0.338 e. The summed E-state index contributed by atoms with van der Waals surface area (Å²) < 4.78 is 5.75. The van der Waals surface area contributed by atoms with Gasteiger partial charge in [0.15, 0.2) is 6.61 Å². The van der Waals surface area contributed by atoms with Crippen LogP contribution in [0.15, 0.2) is 59.1 Å². The number of nitrogens with one attached hydrogen (secondary N) is 1. The lowest BCUT2D eigenvalue weighted by atomic mass is 9.85. The Hall–Kier alpha value is -2.97. The molecular formula is C23H18BrClN2O5. The molecule has 9 heteroatoms. The Bertz CT molecular complexity index is 1110. The van der Waals surface area contributed by atoms with Gasteiger partial charge in [-0.15, -0.1) is 0 Å². The van der Waals surface area contributed by atoms with Crippen LogP contribution >= 0.6 is 27.5 Å². The number of esters is 1. The normalized spacial score (nSPS) is 19.6. The molecule has 0 bridgehead atoms. The first-order valence-electron chi connectivity index (χ1n) is 9.90. The zero-order valence-corrected chi connectivity index (χ0v) is 19.1. The number of hydrogen-bond donors (Lipinski definition) is 1. The standard InChI is InChI=1S/C23H18BrClN2O5/c24-18-10-7-14(11-19(18)25)26-20(28)12-32-23(31)13-5-8-15(9-6-13)27-21(29)16-3-1-2-4-17(16)22(27)30/h1-2,5-11,16-17H,3-4,12H2,(H,26,28)/t16-,17+. The minimum atomic E-state index is -0.697. The van der Waals surface area contributed by atoms with E-state index < -0.39 is 18.5 Å². The molecule has 0 unspecified atom stereocenters. The molecule has 0 aromatic heterocycles. The fourth-order valence-electron chi connectivity index (χ4n) is 3.79. The lowest BCUT2D eigenvalue weighted by Crippen LogP contribution is -2.30. The van der Waals surface area contributed by atoms with E-state index in [1.165, 1.54) is 29.2 Å². The van der Waals surface area contributed by atoms with E-state index >= 15 is 0 Å². The highest BCUT2D eigenvalue weighted by Gasteiger charge is 2.47. The molecule has 2 aliphatic rings. The van der Waals surface area contributed by atoms with E-state index in [1.807, 2.05) is 12.2 Å². The van der Waals surface area contributed by atoms with Crippen LogP contribution in [0.1, 0.15) is 23.2 Å². The van der Waals surface area contributed by atoms with Gasteiger partial charge >= 0.3 is 5.97 Å². The number of anilines is 2. The number of hydrogen-bond acceptors (Lipinski definition) is 5. The molecule has 4 rings (SSSR count). The number of halogens is 2. The van der Waals surface area contributed by atoms with Crippen LogP contribution in [-0.4, -0.2) is 30.3 Å². The van der Waals surface area contributed by atoms with Gasteiger partial charge in [-0.05, 0) is 71.2 Å². The number of carbonyl (C=O) groups excluding carboxylic acids is 4. The van der Waals surface area contributed by atoms with Crippen molar-refractivity contribution in [3.63, 3.8) is 0 Å². The summed E-state index contributed by atoms with van der Waals surface area (Å²) in [5, 5.41) is 3.02. The molecule has 164 valence electrons. The number of carbonyl (C=O) groups is 4. The van der Waals surface area contributed by atoms with Gasteiger partial charge in [-0.1, -0.05) is 23.8 Å². The first-order valence-corrected chi connectivity index (χ1v) is 11.1. The van der Waals surface area contributed by atoms with Crippen molar-refractivity contribution < 1.29 is 23.9 Å². The van der Waals surface area contributed by atoms with Gasteiger partial charge in [-0.25, -0.2) is 4.79 Å². The number of ether oxygens (including phenoxy) is 1. The molecule has 0 saturated carbocycles. The number of benzene rings is 2. The van der Waals surface area contributed by atoms with Crippen molar-refractivity contribution in [1.29, 1.82) is 0 Å². The second-order valence-corrected chi connectivity index (χ2v) is 8.73. The number of fused-ring (bicyclic) bond motifs is 1. The van der Waals surface area contributed by atoms with Gasteiger partial charge in [0.2, 0.25) is 11.8 Å². The first-order chi connectivity index (χ1) is 15.3. The van der Waals surface area contributed by atoms with Gasteiger partial charge in [-0.3, -0.25) is 19.3 Å². The van der Waals surface area contributed by atoms with Gasteiger partial charge in [-0.2, -0.15) is 0 Å². The number of allylic oxidation sites excluding steroid dienone is 2. The van der Waals surface area contributed by atoms with Crippen LogP contribution in [0.4, 0.5) is 11.4 Å². The van der Waals surface area contributed by atoms with Crippen molar-refractivity contribution in [2.24, 2.45) is 11.8 Å². The number of nitrogens with zero attached hydrogens (tertiary/aromatic N) is 1. The largest absolute Gasteiger partial charge is 0.452 e. The predicted molar refractivity (Wildman–Crippen MR) is 122 cm³/mol. The Kier molecular flexibility index (Phi) is 6.43. The molecule has 1 aliphatic heterocycles. The van der Waals surface area contributed by atoms with Gasteiger partial charge in [0.05, 0.1) is 28.1 Å². The maximum Gasteiger partial charge on any atom is 0.338 e. The highest BCUT2D eigenvalue weighted by molar-refractivity contribution is 9.10. The van der Waals surface area contributed by atoms with Crippen LogP contribution in [0, 0.1) is 11.8 Å². The summed E-state index contributed by atoms with van der Waals surface area (Å²) in [5.74, 6) is -2.29. The van der Waals surface area contributed by atoms with E-state index in [0.717, 1.165) is 0 Å². The third-order valence-corrected chi connectivity index (χ3v) is 6.64. The lowest BCUT2D eigenvalue weighted by Gasteiger charge is -2.15. The molecule has 7 nitrogen and oxygen atoms in total. The minimum absolute atomic E-state index is 0.200. The van der Waals surface area contributed by atoms with Crippen molar-refractivity contribution >= 4 is 62.6 Å². The monoisotopic (exact) mass is 516 g/mol. The summed E-state index contributed by atoms with van der Waals surface area (Å²) in [4.78, 5) is 50.8. The quantitative estimate of drug-likeness (QED) is 0.362. The van der Waals surface area contributed by atoms with E-state index in [4.69, 9.17) is 16.3 Å². The Morgan fingerprint density at radius 1 is 1.03 bits per heavy atom. The lowest BCUT2D eigenvalue weighted by molar-refractivity contribution is -0.122. The number of imide groups is 1. The Morgan fingerprint density at radius 3 is 2.25 bits per heavy atom. The van der Waals surface area contributed by atoms with Gasteiger partial charge < -0.3 is 10.1 Å². The van der Waals surface area contributed by atoms with E-state index in [9.17, 15) is 19.2 Å². The van der Waals surface area contributed by atoms with E-state index in [0.29, 0.717) is 33.7 Å². The molecule has 0 radical (unpaired) electrons. The molecule has 3 amide bonds. The number of amides is 3. The van der Waals surface area contributed by atoms with Gasteiger partial charge in [0.1, 0.15) is 0 Å². The fourth-order valence-corrected chi connectivity index (χ4v) is 4.21. The van der Waals surface area contributed by atoms with E-state index in [-0.39, 0.29) is 29.2 Å². The summed E-state index contributed by atoms with van der Waals surface area (Å²) in [5.41, 5.74) is 1.08. The second kappa shape index (κ2) is 9.26. The Labute approximate surface area is 197 Å². The molecule has 1 saturated heterocycles. The topological polar surface area (TPSA) is 92.8 Å². The molecule has 1 aliphatic carbocycles. The summed E-state index contributed by atoms with van der Waals surface area (Å²) in [7, 11) is 0. The molecular weight excluding hydrogens is 500 g/mol. The summed E-state index contributed by atoms with van der Waals surface area (Å²) >= 11 is 9.25. The molecule has 0 spiro atoms. The van der Waals surface area contributed by atoms with Crippen molar-refractivity contribution in [3.8, 4) is 0 Å². The molecule has 2 aromatic rings. The first kappa shape index (κ1) is 22.2. The van der Waals surface area contributed by atoms with Crippen LogP contribution < -0.4 is 10.2 Å². The summed E-state index contributed by atoms with van der Waals surface area (Å²) in [6, 6.07) is 10.9. The summed E-state index contributed by atoms with van der Waals surface area (Å²) in [6.07, 6.45) is 4.97. The average molecular weight is 518 g/mol. The van der Waals surface area contributed by atoms with Crippen LogP contribution in [0.2, 0.25) is 5.02 Å². The highest BCUT2D eigenvalue weighted by atomic mass is 79.9. The van der Waals surface area contributed by atoms with Crippen LogP contribution in [0.25, 0.3) is 0 Å². The predicted octanol–water partition coefficient (Wildman–Crippen LogP) is 4.35. The molecule has 2 atom stereocenters. The molecule has 1 heterocycles. The van der Waals surface area contributed by atoms with Crippen molar-refractivity contribution in [2.75, 3.05) is 16.8 Å². The number of rotatable bonds is 5. The Balaban J connectivity index is 1.35. The third kappa shape index (κ3) is 4.47. The van der Waals surface area contributed by atoms with Gasteiger partial charge in [0.25, 0.3) is 5.91 Å². The van der Waals surface area contributed by atoms with E-state index in [2.05, 4.69) is 21.2 Å². The third-order valence-electron chi connectivity index (χ3n) is 5.41. The average Bonchev–Trinajstić information content (AvgIpc) is 3.05. The zero-order chi connectivity index (χ0) is 22.8. The van der Waals surface area contributed by atoms with Gasteiger partial charge in [0, 0.05) is 10.2 Å². The van der Waals surface area contributed by atoms with E-state index in [1.54, 1.807) is 18.2 Å². The molecule has 1 fully saturated rings. The van der Waals surface area contributed by atoms with Crippen molar-refractivity contribution in [2.45, 2.75) is 12.8 Å². The highest BCUT2D eigenvalue weighted by Crippen LogP contribution is 2.37. The second-order valence-electron chi connectivity index (χ2n) is 7.47. The van der Waals surface area contributed by atoms with Crippen molar-refractivity contribution in [3.05, 3.63) is 69.7 Å². The van der Waals surface area contributed by atoms with Crippen LogP contribution in [0.5, 0.6) is 0 Å². The molecule has 32 heavy (non-hydrogen) atoms. The van der Waals surface area contributed by atoms with Crippen LogP contribution in [-0.2, 0) is 19.1 Å². The SMILES string of the molecule is O=C(COC(=O)c1ccc(N2C(=O)[C@H]3CC=CC[C@H]3C2=O)cc1)Nc1ccc(Br)c(Cl)c1. The molecule has 2 aromatic carbocycles.